The van der Waals surface area contributed by atoms with Crippen LogP contribution in [0.2, 0.25) is 0 Å². The number of hydrogen-bond donors (Lipinski definition) is 0. The number of rotatable bonds is 3. The van der Waals surface area contributed by atoms with E-state index in [1.165, 1.54) is 0 Å². The number of hydrogen-bond acceptors (Lipinski definition) is 5. The minimum Gasteiger partial charge on any atom is -0.463 e. The topological polar surface area (TPSA) is 59.0 Å². The normalized spacial score (nSPS) is 20.6. The molecule has 1 amide bonds. The molecule has 0 saturated carbocycles. The van der Waals surface area contributed by atoms with Gasteiger partial charge >= 0.3 is 5.97 Å². The molecule has 1 aromatic rings. The molecule has 5 nitrogen and oxygen atoms in total. The Morgan fingerprint density at radius 2 is 2.12 bits per heavy atom. The van der Waals surface area contributed by atoms with Crippen LogP contribution in [-0.4, -0.2) is 34.3 Å². The predicted molar refractivity (Wildman–Crippen MR) is 103 cm³/mol. The van der Waals surface area contributed by atoms with Gasteiger partial charge in [-0.1, -0.05) is 23.9 Å². The van der Waals surface area contributed by atoms with Crippen LogP contribution >= 0.6 is 34.4 Å². The number of benzene rings is 1. The van der Waals surface area contributed by atoms with Crippen molar-refractivity contribution in [1.82, 2.24) is 4.90 Å². The summed E-state index contributed by atoms with van der Waals surface area (Å²) in [6, 6.07) is 7.37. The lowest BCUT2D eigenvalue weighted by atomic mass is 9.94. The maximum absolute atomic E-state index is 12.6. The molecule has 0 radical (unpaired) electrons. The summed E-state index contributed by atoms with van der Waals surface area (Å²) in [5.41, 5.74) is 1.95. The van der Waals surface area contributed by atoms with Crippen LogP contribution in [0.3, 0.4) is 0 Å². The summed E-state index contributed by atoms with van der Waals surface area (Å²) >= 11 is 3.78. The first-order chi connectivity index (χ1) is 11.5. The van der Waals surface area contributed by atoms with Crippen LogP contribution in [0, 0.1) is 3.57 Å². The molecular formula is C17H17IN2O3S. The van der Waals surface area contributed by atoms with Gasteiger partial charge in [0.25, 0.3) is 0 Å². The molecule has 3 rings (SSSR count). The number of amides is 1. The number of carbonyl (C=O) groups is 2. The minimum atomic E-state index is -0.478. The third-order valence-electron chi connectivity index (χ3n) is 3.89. The predicted octanol–water partition coefficient (Wildman–Crippen LogP) is 3.50. The number of esters is 1. The Kier molecular flexibility index (Phi) is 5.29. The molecule has 0 N–H and O–H groups in total. The van der Waals surface area contributed by atoms with E-state index in [9.17, 15) is 9.59 Å². The lowest BCUT2D eigenvalue weighted by Crippen LogP contribution is -2.45. The lowest BCUT2D eigenvalue weighted by molar-refractivity contribution is -0.139. The zero-order chi connectivity index (χ0) is 17.3. The highest BCUT2D eigenvalue weighted by molar-refractivity contribution is 14.1. The zero-order valence-electron chi connectivity index (χ0n) is 13.4. The highest BCUT2D eigenvalue weighted by Crippen LogP contribution is 2.40. The number of ether oxygens (including phenoxy) is 1. The first-order valence-corrected chi connectivity index (χ1v) is 9.76. The van der Waals surface area contributed by atoms with E-state index in [0.29, 0.717) is 22.9 Å². The number of allylic oxidation sites excluding steroid dienone is 1. The molecule has 1 atom stereocenters. The van der Waals surface area contributed by atoms with E-state index in [4.69, 9.17) is 4.74 Å². The second-order valence-electron chi connectivity index (χ2n) is 5.43. The van der Waals surface area contributed by atoms with Crippen LogP contribution in [0.25, 0.3) is 0 Å². The van der Waals surface area contributed by atoms with E-state index in [-0.39, 0.29) is 12.5 Å². The molecule has 0 bridgehead atoms. The van der Waals surface area contributed by atoms with Crippen molar-refractivity contribution in [2.45, 2.75) is 26.3 Å². The maximum Gasteiger partial charge on any atom is 0.338 e. The van der Waals surface area contributed by atoms with Crippen molar-refractivity contribution in [3.8, 4) is 0 Å². The lowest BCUT2D eigenvalue weighted by Gasteiger charge is -2.38. The monoisotopic (exact) mass is 456 g/mol. The molecule has 0 aliphatic carbocycles. The minimum absolute atomic E-state index is 0.00894. The Morgan fingerprint density at radius 1 is 1.42 bits per heavy atom. The number of thioether (sulfide) groups is 1. The van der Waals surface area contributed by atoms with Crippen molar-refractivity contribution < 1.29 is 14.3 Å². The first kappa shape index (κ1) is 17.5. The van der Waals surface area contributed by atoms with Crippen LogP contribution in [0.15, 0.2) is 40.5 Å². The fourth-order valence-electron chi connectivity index (χ4n) is 2.83. The largest absolute Gasteiger partial charge is 0.463 e. The standard InChI is InChI=1S/C17H17IN2O3S/c1-3-23-16(22)14-10(2)19-17-20(13(21)8-9-24-17)15(14)11-4-6-12(18)7-5-11/h4-7,15H,3,8-9H2,1-2H3. The SMILES string of the molecule is CCOC(=O)C1=C(C)N=C2SCCC(=O)N2C1c1ccc(I)cc1. The number of nitrogens with zero attached hydrogens (tertiary/aromatic N) is 2. The Balaban J connectivity index is 2.14. The molecule has 2 aliphatic rings. The Bertz CT molecular complexity index is 743. The summed E-state index contributed by atoms with van der Waals surface area (Å²) in [4.78, 5) is 31.3. The first-order valence-electron chi connectivity index (χ1n) is 7.69. The molecule has 7 heteroatoms. The van der Waals surface area contributed by atoms with E-state index in [2.05, 4.69) is 27.6 Å². The van der Waals surface area contributed by atoms with Gasteiger partial charge in [-0.3, -0.25) is 9.69 Å². The number of carbonyl (C=O) groups excluding carboxylic acids is 2. The Labute approximate surface area is 158 Å². The summed E-state index contributed by atoms with van der Waals surface area (Å²) in [6.45, 7) is 3.86. The molecule has 2 aliphatic heterocycles. The third-order valence-corrected chi connectivity index (χ3v) is 5.56. The second kappa shape index (κ2) is 7.26. The number of halogens is 1. The fraction of sp³-hybridized carbons (Fsp3) is 0.353. The van der Waals surface area contributed by atoms with Crippen LogP contribution in [0.4, 0.5) is 0 Å². The number of aliphatic imine (C=N–C) groups is 1. The van der Waals surface area contributed by atoms with Gasteiger partial charge in [-0.25, -0.2) is 9.79 Å². The summed E-state index contributed by atoms with van der Waals surface area (Å²) in [7, 11) is 0. The number of amidine groups is 1. The summed E-state index contributed by atoms with van der Waals surface area (Å²) in [5.74, 6) is 0.297. The van der Waals surface area contributed by atoms with E-state index in [1.54, 1.807) is 30.5 Å². The molecule has 126 valence electrons. The third kappa shape index (κ3) is 3.23. The van der Waals surface area contributed by atoms with Gasteiger partial charge in [-0.15, -0.1) is 0 Å². The average molecular weight is 456 g/mol. The van der Waals surface area contributed by atoms with Gasteiger partial charge in [0.2, 0.25) is 5.91 Å². The summed E-state index contributed by atoms with van der Waals surface area (Å²) in [5, 5.41) is 0.667. The molecular weight excluding hydrogens is 439 g/mol. The Hall–Kier alpha value is -1.35. The molecule has 1 unspecified atom stereocenters. The maximum atomic E-state index is 12.6. The van der Waals surface area contributed by atoms with Crippen LogP contribution in [0.5, 0.6) is 0 Å². The van der Waals surface area contributed by atoms with Crippen LogP contribution in [0.1, 0.15) is 31.9 Å². The van der Waals surface area contributed by atoms with Crippen LogP contribution in [-0.2, 0) is 14.3 Å². The highest BCUT2D eigenvalue weighted by atomic mass is 127. The van der Waals surface area contributed by atoms with Gasteiger partial charge in [-0.05, 0) is 54.1 Å². The Morgan fingerprint density at radius 3 is 2.79 bits per heavy atom. The van der Waals surface area contributed by atoms with E-state index in [1.807, 2.05) is 24.3 Å². The van der Waals surface area contributed by atoms with Gasteiger partial charge in [0.1, 0.15) is 0 Å². The molecule has 24 heavy (non-hydrogen) atoms. The number of fused-ring (bicyclic) bond motifs is 1. The summed E-state index contributed by atoms with van der Waals surface area (Å²) in [6.07, 6.45) is 0.444. The summed E-state index contributed by atoms with van der Waals surface area (Å²) < 4.78 is 6.33. The van der Waals surface area contributed by atoms with E-state index in [0.717, 1.165) is 14.9 Å². The second-order valence-corrected chi connectivity index (χ2v) is 7.74. The molecule has 0 aromatic heterocycles. The highest BCUT2D eigenvalue weighted by Gasteiger charge is 2.41. The molecule has 2 heterocycles. The van der Waals surface area contributed by atoms with E-state index < -0.39 is 12.0 Å². The van der Waals surface area contributed by atoms with Crippen molar-refractivity contribution in [3.63, 3.8) is 0 Å². The van der Waals surface area contributed by atoms with Crippen LogP contribution < -0.4 is 0 Å². The smallest absolute Gasteiger partial charge is 0.338 e. The molecule has 0 spiro atoms. The molecule has 1 fully saturated rings. The van der Waals surface area contributed by atoms with Gasteiger partial charge in [0, 0.05) is 15.7 Å². The van der Waals surface area contributed by atoms with Gasteiger partial charge < -0.3 is 4.74 Å². The molecule has 1 saturated heterocycles. The zero-order valence-corrected chi connectivity index (χ0v) is 16.4. The van der Waals surface area contributed by atoms with Crippen molar-refractivity contribution in [2.24, 2.45) is 4.99 Å². The van der Waals surface area contributed by atoms with Gasteiger partial charge in [0.05, 0.1) is 23.9 Å². The molecule has 1 aromatic carbocycles. The fourth-order valence-corrected chi connectivity index (χ4v) is 4.19. The van der Waals surface area contributed by atoms with Crippen molar-refractivity contribution in [1.29, 1.82) is 0 Å². The van der Waals surface area contributed by atoms with Crippen molar-refractivity contribution in [2.75, 3.05) is 12.4 Å². The average Bonchev–Trinajstić information content (AvgIpc) is 2.55. The van der Waals surface area contributed by atoms with Crippen molar-refractivity contribution in [3.05, 3.63) is 44.7 Å². The van der Waals surface area contributed by atoms with Crippen molar-refractivity contribution >= 4 is 51.4 Å². The van der Waals surface area contributed by atoms with E-state index >= 15 is 0 Å². The quantitative estimate of drug-likeness (QED) is 0.516. The van der Waals surface area contributed by atoms with Gasteiger partial charge in [-0.2, -0.15) is 0 Å². The van der Waals surface area contributed by atoms with Gasteiger partial charge in [0.15, 0.2) is 5.17 Å².